The van der Waals surface area contributed by atoms with Gasteiger partial charge in [-0.25, -0.2) is 4.98 Å². The fourth-order valence-corrected chi connectivity index (χ4v) is 2.59. The fraction of sp³-hybridized carbons (Fsp3) is 0.688. The molecule has 0 aromatic carbocycles. The molecular formula is C16H26N2O. The summed E-state index contributed by atoms with van der Waals surface area (Å²) in [4.78, 5) is 4.70. The lowest BCUT2D eigenvalue weighted by molar-refractivity contribution is 0.283. The lowest BCUT2D eigenvalue weighted by Gasteiger charge is -2.18. The molecule has 2 rings (SSSR count). The van der Waals surface area contributed by atoms with Crippen LogP contribution in [0.3, 0.4) is 0 Å². The van der Waals surface area contributed by atoms with Gasteiger partial charge in [0.2, 0.25) is 5.88 Å². The van der Waals surface area contributed by atoms with E-state index < -0.39 is 0 Å². The predicted molar refractivity (Wildman–Crippen MR) is 78.3 cm³/mol. The van der Waals surface area contributed by atoms with Crippen molar-refractivity contribution in [2.24, 2.45) is 11.7 Å². The maximum absolute atomic E-state index is 5.85. The topological polar surface area (TPSA) is 48.1 Å². The Morgan fingerprint density at radius 2 is 2.11 bits per heavy atom. The van der Waals surface area contributed by atoms with Gasteiger partial charge in [0.15, 0.2) is 0 Å². The van der Waals surface area contributed by atoms with Crippen molar-refractivity contribution in [1.82, 2.24) is 4.98 Å². The van der Waals surface area contributed by atoms with E-state index in [1.807, 2.05) is 0 Å². The van der Waals surface area contributed by atoms with Gasteiger partial charge in [0.25, 0.3) is 0 Å². The van der Waals surface area contributed by atoms with Crippen LogP contribution in [0.4, 0.5) is 0 Å². The molecule has 2 N–H and O–H groups in total. The maximum Gasteiger partial charge on any atom is 0.218 e. The second-order valence-corrected chi connectivity index (χ2v) is 5.85. The second kappa shape index (κ2) is 6.90. The zero-order valence-electron chi connectivity index (χ0n) is 12.2. The number of fused-ring (bicyclic) bond motifs is 1. The molecular weight excluding hydrogens is 236 g/mol. The average molecular weight is 262 g/mol. The number of aryl methyl sites for hydroxylation is 2. The van der Waals surface area contributed by atoms with Crippen molar-refractivity contribution in [2.75, 3.05) is 6.61 Å². The van der Waals surface area contributed by atoms with Crippen LogP contribution in [0.15, 0.2) is 6.07 Å². The number of hydrogen-bond acceptors (Lipinski definition) is 3. The van der Waals surface area contributed by atoms with Crippen molar-refractivity contribution in [1.29, 1.82) is 0 Å². The molecule has 0 spiro atoms. The molecule has 1 aliphatic rings. The minimum absolute atomic E-state index is 0.514. The van der Waals surface area contributed by atoms with Gasteiger partial charge in [-0.2, -0.15) is 0 Å². The van der Waals surface area contributed by atoms with Crippen molar-refractivity contribution in [2.45, 2.75) is 58.9 Å². The largest absolute Gasteiger partial charge is 0.477 e. The molecule has 3 nitrogen and oxygen atoms in total. The normalized spacial score (nSPS) is 14.5. The van der Waals surface area contributed by atoms with Crippen molar-refractivity contribution in [3.63, 3.8) is 0 Å². The van der Waals surface area contributed by atoms with Crippen LogP contribution in [-0.2, 0) is 19.4 Å². The van der Waals surface area contributed by atoms with Crippen LogP contribution in [0.25, 0.3) is 0 Å². The molecule has 19 heavy (non-hydrogen) atoms. The first kappa shape index (κ1) is 14.3. The van der Waals surface area contributed by atoms with E-state index in [1.165, 1.54) is 30.5 Å². The number of hydrogen-bond donors (Lipinski definition) is 1. The minimum atomic E-state index is 0.514. The Balaban J connectivity index is 2.02. The number of aromatic nitrogens is 1. The van der Waals surface area contributed by atoms with E-state index in [4.69, 9.17) is 15.5 Å². The first-order valence-corrected chi connectivity index (χ1v) is 7.55. The Bertz CT molecular complexity index is 415. The highest BCUT2D eigenvalue weighted by molar-refractivity contribution is 5.35. The molecule has 0 aliphatic heterocycles. The minimum Gasteiger partial charge on any atom is -0.477 e. The van der Waals surface area contributed by atoms with Crippen LogP contribution in [0.1, 0.15) is 56.4 Å². The maximum atomic E-state index is 5.85. The van der Waals surface area contributed by atoms with Crippen LogP contribution < -0.4 is 10.5 Å². The summed E-state index contributed by atoms with van der Waals surface area (Å²) in [5.41, 5.74) is 9.48. The smallest absolute Gasteiger partial charge is 0.218 e. The van der Waals surface area contributed by atoms with Gasteiger partial charge in [0.1, 0.15) is 0 Å². The van der Waals surface area contributed by atoms with Gasteiger partial charge in [-0.15, -0.1) is 0 Å². The molecule has 0 atom stereocenters. The Morgan fingerprint density at radius 3 is 2.84 bits per heavy atom. The SMILES string of the molecule is CC(C)CCCOc1nc2c(cc1CN)CCCC2. The van der Waals surface area contributed by atoms with Crippen molar-refractivity contribution in [3.8, 4) is 5.88 Å². The van der Waals surface area contributed by atoms with Gasteiger partial charge < -0.3 is 10.5 Å². The number of pyridine rings is 1. The summed E-state index contributed by atoms with van der Waals surface area (Å²) < 4.78 is 5.85. The molecule has 3 heteroatoms. The molecule has 0 radical (unpaired) electrons. The summed E-state index contributed by atoms with van der Waals surface area (Å²) in [6.45, 7) is 5.74. The highest BCUT2D eigenvalue weighted by Crippen LogP contribution is 2.26. The standard InChI is InChI=1S/C16H26N2O/c1-12(2)6-5-9-19-16-14(11-17)10-13-7-3-4-8-15(13)18-16/h10,12H,3-9,11,17H2,1-2H3. The van der Waals surface area contributed by atoms with E-state index in [0.717, 1.165) is 43.2 Å². The van der Waals surface area contributed by atoms with Crippen molar-refractivity contribution < 1.29 is 4.74 Å². The number of rotatable bonds is 6. The summed E-state index contributed by atoms with van der Waals surface area (Å²) >= 11 is 0. The summed E-state index contributed by atoms with van der Waals surface area (Å²) in [6.07, 6.45) is 7.02. The van der Waals surface area contributed by atoms with E-state index in [-0.39, 0.29) is 0 Å². The van der Waals surface area contributed by atoms with Crippen LogP contribution in [0.5, 0.6) is 5.88 Å². The fourth-order valence-electron chi connectivity index (χ4n) is 2.59. The highest BCUT2D eigenvalue weighted by atomic mass is 16.5. The number of nitrogens with two attached hydrogens (primary N) is 1. The summed E-state index contributed by atoms with van der Waals surface area (Å²) in [5, 5.41) is 0. The van der Waals surface area contributed by atoms with Crippen LogP contribution in [0.2, 0.25) is 0 Å². The van der Waals surface area contributed by atoms with Crippen molar-refractivity contribution in [3.05, 3.63) is 22.9 Å². The van der Waals surface area contributed by atoms with Gasteiger partial charge in [-0.3, -0.25) is 0 Å². The first-order valence-electron chi connectivity index (χ1n) is 7.55. The average Bonchev–Trinajstić information content (AvgIpc) is 2.42. The zero-order valence-corrected chi connectivity index (χ0v) is 12.2. The molecule has 106 valence electrons. The Kier molecular flexibility index (Phi) is 5.20. The van der Waals surface area contributed by atoms with Gasteiger partial charge in [0, 0.05) is 17.8 Å². The third-order valence-electron chi connectivity index (χ3n) is 3.72. The quantitative estimate of drug-likeness (QED) is 0.801. The highest BCUT2D eigenvalue weighted by Gasteiger charge is 2.15. The van der Waals surface area contributed by atoms with E-state index in [1.54, 1.807) is 0 Å². The molecule has 1 heterocycles. The van der Waals surface area contributed by atoms with Crippen LogP contribution in [-0.4, -0.2) is 11.6 Å². The summed E-state index contributed by atoms with van der Waals surface area (Å²) in [7, 11) is 0. The van der Waals surface area contributed by atoms with E-state index in [0.29, 0.717) is 6.54 Å². The monoisotopic (exact) mass is 262 g/mol. The number of ether oxygens (including phenoxy) is 1. The second-order valence-electron chi connectivity index (χ2n) is 5.85. The third kappa shape index (κ3) is 3.93. The first-order chi connectivity index (χ1) is 9.20. The summed E-state index contributed by atoms with van der Waals surface area (Å²) in [6, 6.07) is 2.21. The molecule has 0 unspecified atom stereocenters. The van der Waals surface area contributed by atoms with E-state index in [9.17, 15) is 0 Å². The molecule has 1 aromatic rings. The van der Waals surface area contributed by atoms with Gasteiger partial charge in [0.05, 0.1) is 6.61 Å². The third-order valence-corrected chi connectivity index (χ3v) is 3.72. The van der Waals surface area contributed by atoms with Gasteiger partial charge in [-0.1, -0.05) is 13.8 Å². The molecule has 0 saturated heterocycles. The molecule has 0 amide bonds. The molecule has 0 fully saturated rings. The molecule has 0 saturated carbocycles. The molecule has 1 aliphatic carbocycles. The van der Waals surface area contributed by atoms with Crippen molar-refractivity contribution >= 4 is 0 Å². The van der Waals surface area contributed by atoms with Crippen LogP contribution in [0, 0.1) is 5.92 Å². The van der Waals surface area contributed by atoms with Crippen LogP contribution >= 0.6 is 0 Å². The lowest BCUT2D eigenvalue weighted by Crippen LogP contribution is -2.12. The molecule has 0 bridgehead atoms. The number of nitrogens with zero attached hydrogens (tertiary/aromatic N) is 1. The van der Waals surface area contributed by atoms with E-state index >= 15 is 0 Å². The Labute approximate surface area is 116 Å². The predicted octanol–water partition coefficient (Wildman–Crippen LogP) is 3.23. The summed E-state index contributed by atoms with van der Waals surface area (Å²) in [5.74, 6) is 1.50. The Hall–Kier alpha value is -1.09. The zero-order chi connectivity index (χ0) is 13.7. The van der Waals surface area contributed by atoms with Gasteiger partial charge in [-0.05, 0) is 56.1 Å². The lowest BCUT2D eigenvalue weighted by atomic mass is 9.95. The molecule has 1 aromatic heterocycles. The van der Waals surface area contributed by atoms with Gasteiger partial charge >= 0.3 is 0 Å². The van der Waals surface area contributed by atoms with E-state index in [2.05, 4.69) is 19.9 Å². The Morgan fingerprint density at radius 1 is 1.32 bits per heavy atom.